The van der Waals surface area contributed by atoms with Crippen molar-refractivity contribution >= 4 is 17.5 Å². The first-order chi connectivity index (χ1) is 15.5. The second kappa shape index (κ2) is 9.19. The SMILES string of the molecule is CC(c1cc(-c2ccc([N+](=O)[O-])cc2)c(=O)[nH]n1)N(C(=O)OC(C)(C)C)c1ccc(F)cc1. The van der Waals surface area contributed by atoms with Crippen LogP contribution < -0.4 is 10.5 Å². The zero-order valence-electron chi connectivity index (χ0n) is 18.5. The number of halogens is 1. The number of nitrogens with one attached hydrogen (secondary N) is 1. The lowest BCUT2D eigenvalue weighted by atomic mass is 10.0. The smallest absolute Gasteiger partial charge is 0.415 e. The molecule has 1 N–H and O–H groups in total. The van der Waals surface area contributed by atoms with Crippen LogP contribution in [0.25, 0.3) is 11.1 Å². The molecule has 1 atom stereocenters. The Bertz CT molecular complexity index is 1220. The van der Waals surface area contributed by atoms with E-state index in [-0.39, 0.29) is 11.3 Å². The summed E-state index contributed by atoms with van der Waals surface area (Å²) in [6, 6.07) is 11.6. The summed E-state index contributed by atoms with van der Waals surface area (Å²) in [5.41, 5.74) is 0.00218. The summed E-state index contributed by atoms with van der Waals surface area (Å²) in [6.07, 6.45) is -0.675. The van der Waals surface area contributed by atoms with Crippen molar-refractivity contribution in [1.29, 1.82) is 0 Å². The van der Waals surface area contributed by atoms with Gasteiger partial charge in [-0.25, -0.2) is 14.3 Å². The minimum Gasteiger partial charge on any atom is -0.443 e. The maximum absolute atomic E-state index is 13.5. The van der Waals surface area contributed by atoms with Crippen LogP contribution in [0.2, 0.25) is 0 Å². The lowest BCUT2D eigenvalue weighted by Crippen LogP contribution is -2.39. The van der Waals surface area contributed by atoms with E-state index in [1.165, 1.54) is 59.5 Å². The van der Waals surface area contributed by atoms with Gasteiger partial charge in [0.25, 0.3) is 11.2 Å². The molecule has 33 heavy (non-hydrogen) atoms. The largest absolute Gasteiger partial charge is 0.443 e. The molecule has 0 bridgehead atoms. The zero-order valence-corrected chi connectivity index (χ0v) is 18.5. The van der Waals surface area contributed by atoms with Crippen molar-refractivity contribution in [3.05, 3.63) is 86.6 Å². The minimum absolute atomic E-state index is 0.106. The van der Waals surface area contributed by atoms with Crippen molar-refractivity contribution in [2.75, 3.05) is 4.90 Å². The van der Waals surface area contributed by atoms with E-state index in [2.05, 4.69) is 10.2 Å². The number of anilines is 1. The molecule has 1 amide bonds. The number of rotatable bonds is 5. The van der Waals surface area contributed by atoms with Gasteiger partial charge >= 0.3 is 6.09 Å². The van der Waals surface area contributed by atoms with E-state index in [4.69, 9.17) is 4.74 Å². The van der Waals surface area contributed by atoms with E-state index < -0.39 is 34.0 Å². The summed E-state index contributed by atoms with van der Waals surface area (Å²) in [4.78, 5) is 37.1. The molecule has 0 radical (unpaired) electrons. The number of hydrogen-bond donors (Lipinski definition) is 1. The van der Waals surface area contributed by atoms with Gasteiger partial charge in [-0.2, -0.15) is 5.10 Å². The van der Waals surface area contributed by atoms with E-state index in [1.54, 1.807) is 27.7 Å². The van der Waals surface area contributed by atoms with Gasteiger partial charge < -0.3 is 4.74 Å². The third-order valence-electron chi connectivity index (χ3n) is 4.72. The van der Waals surface area contributed by atoms with Gasteiger partial charge in [0.2, 0.25) is 0 Å². The molecule has 0 aliphatic heterocycles. The number of nitro benzene ring substituents is 1. The summed E-state index contributed by atoms with van der Waals surface area (Å²) < 4.78 is 19.0. The fourth-order valence-electron chi connectivity index (χ4n) is 3.14. The molecule has 2 aromatic carbocycles. The maximum atomic E-state index is 13.5. The fourth-order valence-corrected chi connectivity index (χ4v) is 3.14. The molecule has 0 saturated heterocycles. The van der Waals surface area contributed by atoms with Crippen LogP contribution in [-0.4, -0.2) is 26.8 Å². The molecular formula is C23H23FN4O5. The number of benzene rings is 2. The Kier molecular flexibility index (Phi) is 6.57. The van der Waals surface area contributed by atoms with E-state index in [9.17, 15) is 24.1 Å². The molecule has 1 aromatic heterocycles. The van der Waals surface area contributed by atoms with Gasteiger partial charge in [0.05, 0.1) is 22.2 Å². The Labute approximate surface area is 189 Å². The Morgan fingerprint density at radius 2 is 1.76 bits per heavy atom. The van der Waals surface area contributed by atoms with Gasteiger partial charge in [-0.3, -0.25) is 19.8 Å². The van der Waals surface area contributed by atoms with Crippen LogP contribution in [0, 0.1) is 15.9 Å². The summed E-state index contributed by atoms with van der Waals surface area (Å²) in [5.74, 6) is -0.460. The first-order valence-electron chi connectivity index (χ1n) is 10.1. The highest BCUT2D eigenvalue weighted by atomic mass is 19.1. The maximum Gasteiger partial charge on any atom is 0.415 e. The van der Waals surface area contributed by atoms with Crippen LogP contribution in [0.3, 0.4) is 0 Å². The zero-order chi connectivity index (χ0) is 24.3. The number of nitrogens with zero attached hydrogens (tertiary/aromatic N) is 3. The van der Waals surface area contributed by atoms with E-state index in [0.29, 0.717) is 16.9 Å². The quantitative estimate of drug-likeness (QED) is 0.429. The Balaban J connectivity index is 2.03. The van der Waals surface area contributed by atoms with Crippen LogP contribution in [-0.2, 0) is 4.74 Å². The van der Waals surface area contributed by atoms with Gasteiger partial charge in [0.1, 0.15) is 11.4 Å². The van der Waals surface area contributed by atoms with Gasteiger partial charge in [0, 0.05) is 17.8 Å². The number of non-ortho nitro benzene ring substituents is 1. The Morgan fingerprint density at radius 3 is 2.30 bits per heavy atom. The highest BCUT2D eigenvalue weighted by molar-refractivity contribution is 5.88. The fraction of sp³-hybridized carbons (Fsp3) is 0.261. The molecular weight excluding hydrogens is 431 g/mol. The molecule has 3 aromatic rings. The van der Waals surface area contributed by atoms with Crippen molar-refractivity contribution in [1.82, 2.24) is 10.2 Å². The van der Waals surface area contributed by atoms with Crippen LogP contribution in [0.4, 0.5) is 20.6 Å². The average Bonchev–Trinajstić information content (AvgIpc) is 2.74. The lowest BCUT2D eigenvalue weighted by Gasteiger charge is -2.31. The molecule has 3 rings (SSSR count). The van der Waals surface area contributed by atoms with Crippen molar-refractivity contribution in [3.8, 4) is 11.1 Å². The molecule has 0 aliphatic rings. The standard InChI is InChI=1S/C23H23FN4O5/c1-14(27(22(30)33-23(2,3)4)17-11-7-16(24)8-12-17)20-13-19(21(29)26-25-20)15-5-9-18(10-6-15)28(31)32/h5-14H,1-4H3,(H,26,29). The average molecular weight is 454 g/mol. The molecule has 1 heterocycles. The molecule has 0 saturated carbocycles. The molecule has 172 valence electrons. The van der Waals surface area contributed by atoms with Crippen LogP contribution >= 0.6 is 0 Å². The topological polar surface area (TPSA) is 118 Å². The number of carbonyl (C=O) groups is 1. The van der Waals surface area contributed by atoms with Crippen LogP contribution in [0.15, 0.2) is 59.4 Å². The molecule has 0 aliphatic carbocycles. The molecule has 0 spiro atoms. The Hall–Kier alpha value is -4.08. The van der Waals surface area contributed by atoms with Crippen LogP contribution in [0.1, 0.15) is 39.4 Å². The van der Waals surface area contributed by atoms with Gasteiger partial charge in [-0.1, -0.05) is 0 Å². The second-order valence-corrected chi connectivity index (χ2v) is 8.34. The first kappa shape index (κ1) is 23.6. The van der Waals surface area contributed by atoms with E-state index >= 15 is 0 Å². The third kappa shape index (κ3) is 5.59. The number of aromatic nitrogens is 2. The number of hydrogen-bond acceptors (Lipinski definition) is 6. The number of H-pyrrole nitrogens is 1. The number of amides is 1. The predicted octanol–water partition coefficient (Wildman–Crippen LogP) is 4.99. The van der Waals surface area contributed by atoms with E-state index in [1.807, 2.05) is 0 Å². The van der Waals surface area contributed by atoms with Crippen molar-refractivity contribution < 1.29 is 18.8 Å². The van der Waals surface area contributed by atoms with Crippen LogP contribution in [0.5, 0.6) is 0 Å². The first-order valence-corrected chi connectivity index (χ1v) is 10.1. The van der Waals surface area contributed by atoms with Gasteiger partial charge in [-0.05, 0) is 75.7 Å². The summed E-state index contributed by atoms with van der Waals surface area (Å²) >= 11 is 0. The van der Waals surface area contributed by atoms with Crippen molar-refractivity contribution in [2.45, 2.75) is 39.3 Å². The summed E-state index contributed by atoms with van der Waals surface area (Å²) in [6.45, 7) is 6.86. The van der Waals surface area contributed by atoms with E-state index in [0.717, 1.165) is 0 Å². The summed E-state index contributed by atoms with van der Waals surface area (Å²) in [5, 5.41) is 17.4. The molecule has 0 fully saturated rings. The normalized spacial score (nSPS) is 12.2. The van der Waals surface area contributed by atoms with Gasteiger partial charge in [-0.15, -0.1) is 0 Å². The number of nitro groups is 1. The predicted molar refractivity (Wildman–Crippen MR) is 120 cm³/mol. The number of ether oxygens (including phenoxy) is 1. The molecule has 1 unspecified atom stereocenters. The monoisotopic (exact) mass is 454 g/mol. The van der Waals surface area contributed by atoms with Gasteiger partial charge in [0.15, 0.2) is 0 Å². The number of carbonyl (C=O) groups excluding carboxylic acids is 1. The molecule has 9 nitrogen and oxygen atoms in total. The van der Waals surface area contributed by atoms with Crippen molar-refractivity contribution in [2.24, 2.45) is 0 Å². The number of aromatic amines is 1. The minimum atomic E-state index is -0.780. The highest BCUT2D eigenvalue weighted by Crippen LogP contribution is 2.29. The lowest BCUT2D eigenvalue weighted by molar-refractivity contribution is -0.384. The Morgan fingerprint density at radius 1 is 1.15 bits per heavy atom. The second-order valence-electron chi connectivity index (χ2n) is 8.34. The third-order valence-corrected chi connectivity index (χ3v) is 4.72. The highest BCUT2D eigenvalue weighted by Gasteiger charge is 2.29. The molecule has 10 heteroatoms. The summed E-state index contributed by atoms with van der Waals surface area (Å²) in [7, 11) is 0. The van der Waals surface area contributed by atoms with Crippen molar-refractivity contribution in [3.63, 3.8) is 0 Å².